The zero-order valence-corrected chi connectivity index (χ0v) is 8.43. The fourth-order valence-electron chi connectivity index (χ4n) is 0.852. The van der Waals surface area contributed by atoms with Crippen molar-refractivity contribution in [2.45, 2.75) is 27.2 Å². The molecule has 70 valence electrons. The van der Waals surface area contributed by atoms with Crippen molar-refractivity contribution in [2.24, 2.45) is 10.9 Å². The minimum atomic E-state index is 0.764. The quantitative estimate of drug-likeness (QED) is 0.477. The number of hydrogen-bond donors (Lipinski definition) is 1. The molecule has 0 radical (unpaired) electrons. The predicted molar refractivity (Wildman–Crippen MR) is 55.6 cm³/mol. The third kappa shape index (κ3) is 7.48. The third-order valence-electron chi connectivity index (χ3n) is 1.54. The number of nitrogens with one attached hydrogen (secondary N) is 1. The van der Waals surface area contributed by atoms with Crippen LogP contribution in [0.25, 0.3) is 0 Å². The number of rotatable bonds is 6. The Morgan fingerprint density at radius 2 is 2.25 bits per heavy atom. The van der Waals surface area contributed by atoms with Gasteiger partial charge in [-0.3, -0.25) is 4.99 Å². The van der Waals surface area contributed by atoms with Crippen LogP contribution in [0, 0.1) is 5.92 Å². The molecule has 0 aliphatic carbocycles. The van der Waals surface area contributed by atoms with Gasteiger partial charge in [0.2, 0.25) is 0 Å². The van der Waals surface area contributed by atoms with Crippen molar-refractivity contribution in [3.05, 3.63) is 12.3 Å². The summed E-state index contributed by atoms with van der Waals surface area (Å²) in [5.41, 5.74) is 0.904. The van der Waals surface area contributed by atoms with Crippen LogP contribution < -0.4 is 5.32 Å². The monoisotopic (exact) mass is 168 g/mol. The Morgan fingerprint density at radius 3 is 2.75 bits per heavy atom. The van der Waals surface area contributed by atoms with Crippen LogP contribution in [0.15, 0.2) is 17.3 Å². The molecular formula is C10H20N2. The molecule has 2 nitrogen and oxygen atoms in total. The van der Waals surface area contributed by atoms with Crippen LogP contribution in [-0.2, 0) is 0 Å². The summed E-state index contributed by atoms with van der Waals surface area (Å²) < 4.78 is 0. The topological polar surface area (TPSA) is 24.4 Å². The minimum Gasteiger partial charge on any atom is -0.311 e. The molecule has 0 aromatic carbocycles. The number of aliphatic imine (C=N–C) groups is 1. The third-order valence-corrected chi connectivity index (χ3v) is 1.54. The van der Waals surface area contributed by atoms with Crippen LogP contribution in [0.2, 0.25) is 0 Å². The van der Waals surface area contributed by atoms with E-state index in [0.717, 1.165) is 24.7 Å². The molecule has 0 atom stereocenters. The lowest BCUT2D eigenvalue weighted by Crippen LogP contribution is -2.18. The molecule has 0 rings (SSSR count). The van der Waals surface area contributed by atoms with Crippen molar-refractivity contribution in [1.82, 2.24) is 5.32 Å². The molecule has 0 unspecified atom stereocenters. The van der Waals surface area contributed by atoms with E-state index in [4.69, 9.17) is 0 Å². The first kappa shape index (κ1) is 11.4. The Labute approximate surface area is 75.8 Å². The van der Waals surface area contributed by atoms with Gasteiger partial charge in [-0.25, -0.2) is 0 Å². The molecule has 0 saturated carbocycles. The highest BCUT2D eigenvalue weighted by Crippen LogP contribution is 1.96. The van der Waals surface area contributed by atoms with Gasteiger partial charge < -0.3 is 5.32 Å². The number of hydrogen-bond acceptors (Lipinski definition) is 2. The maximum absolute atomic E-state index is 4.06. The highest BCUT2D eigenvalue weighted by molar-refractivity contribution is 5.55. The molecule has 2 heteroatoms. The lowest BCUT2D eigenvalue weighted by atomic mass is 10.1. The molecule has 0 aromatic rings. The van der Waals surface area contributed by atoms with Crippen molar-refractivity contribution in [3.8, 4) is 0 Å². The fourth-order valence-corrected chi connectivity index (χ4v) is 0.852. The van der Waals surface area contributed by atoms with Crippen LogP contribution >= 0.6 is 0 Å². The van der Waals surface area contributed by atoms with Crippen molar-refractivity contribution < 1.29 is 0 Å². The first-order valence-electron chi connectivity index (χ1n) is 4.54. The van der Waals surface area contributed by atoms with E-state index in [1.54, 1.807) is 6.21 Å². The summed E-state index contributed by atoms with van der Waals surface area (Å²) in [5.74, 6) is 0.764. The van der Waals surface area contributed by atoms with Crippen molar-refractivity contribution in [1.29, 1.82) is 0 Å². The Balaban J connectivity index is 3.25. The van der Waals surface area contributed by atoms with E-state index in [0.29, 0.717) is 0 Å². The van der Waals surface area contributed by atoms with E-state index in [9.17, 15) is 0 Å². The summed E-state index contributed by atoms with van der Waals surface area (Å²) >= 11 is 0. The zero-order chi connectivity index (χ0) is 9.40. The van der Waals surface area contributed by atoms with Crippen LogP contribution in [0.3, 0.4) is 0 Å². The van der Waals surface area contributed by atoms with Crippen LogP contribution in [0.4, 0.5) is 0 Å². The molecule has 12 heavy (non-hydrogen) atoms. The Kier molecular flexibility index (Phi) is 6.67. The second-order valence-corrected chi connectivity index (χ2v) is 3.31. The summed E-state index contributed by atoms with van der Waals surface area (Å²) in [6.07, 6.45) is 2.98. The fraction of sp³-hybridized carbons (Fsp3) is 0.700. The average Bonchev–Trinajstić information content (AvgIpc) is 1.98. The lowest BCUT2D eigenvalue weighted by Gasteiger charge is -2.05. The molecule has 0 bridgehead atoms. The lowest BCUT2D eigenvalue weighted by molar-refractivity contribution is 0.549. The first-order valence-corrected chi connectivity index (χ1v) is 4.54. The zero-order valence-electron chi connectivity index (χ0n) is 8.43. The second-order valence-electron chi connectivity index (χ2n) is 3.31. The van der Waals surface area contributed by atoms with Gasteiger partial charge in [0, 0.05) is 18.5 Å². The van der Waals surface area contributed by atoms with Crippen molar-refractivity contribution in [3.63, 3.8) is 0 Å². The largest absolute Gasteiger partial charge is 0.311 e. The van der Waals surface area contributed by atoms with Gasteiger partial charge >= 0.3 is 0 Å². The predicted octanol–water partition coefficient (Wildman–Crippen LogP) is 2.23. The maximum Gasteiger partial charge on any atom is 0.0465 e. The Bertz CT molecular complexity index is 148. The maximum atomic E-state index is 4.06. The van der Waals surface area contributed by atoms with Gasteiger partial charge in [0.15, 0.2) is 0 Å². The summed E-state index contributed by atoms with van der Waals surface area (Å²) in [5, 5.41) is 3.29. The molecule has 0 amide bonds. The van der Waals surface area contributed by atoms with Crippen LogP contribution in [0.1, 0.15) is 27.2 Å². The molecule has 1 N–H and O–H groups in total. The Hall–Kier alpha value is -0.630. The highest BCUT2D eigenvalue weighted by atomic mass is 14.9. The van der Waals surface area contributed by atoms with Gasteiger partial charge in [0.05, 0.1) is 0 Å². The second kappa shape index (κ2) is 7.04. The highest BCUT2D eigenvalue weighted by Gasteiger charge is 1.93. The molecule has 0 spiro atoms. The smallest absolute Gasteiger partial charge is 0.0465 e. The van der Waals surface area contributed by atoms with Crippen molar-refractivity contribution in [2.75, 3.05) is 13.1 Å². The van der Waals surface area contributed by atoms with Crippen LogP contribution in [0.5, 0.6) is 0 Å². The molecular weight excluding hydrogens is 148 g/mol. The molecule has 0 heterocycles. The van der Waals surface area contributed by atoms with Gasteiger partial charge in [-0.2, -0.15) is 0 Å². The molecule has 0 aromatic heterocycles. The van der Waals surface area contributed by atoms with E-state index in [2.05, 4.69) is 30.7 Å². The summed E-state index contributed by atoms with van der Waals surface area (Å²) in [4.78, 5) is 4.06. The van der Waals surface area contributed by atoms with E-state index in [-0.39, 0.29) is 0 Å². The van der Waals surface area contributed by atoms with Gasteiger partial charge in [-0.15, -0.1) is 0 Å². The van der Waals surface area contributed by atoms with E-state index < -0.39 is 0 Å². The van der Waals surface area contributed by atoms with E-state index in [1.807, 2.05) is 6.92 Å². The average molecular weight is 168 g/mol. The number of nitrogens with zero attached hydrogens (tertiary/aromatic N) is 1. The Morgan fingerprint density at radius 1 is 1.58 bits per heavy atom. The van der Waals surface area contributed by atoms with Gasteiger partial charge in [-0.05, 0) is 25.8 Å². The summed E-state index contributed by atoms with van der Waals surface area (Å²) in [6.45, 7) is 12.0. The van der Waals surface area contributed by atoms with E-state index >= 15 is 0 Å². The normalized spacial score (nSPS) is 11.3. The van der Waals surface area contributed by atoms with Crippen molar-refractivity contribution >= 4 is 6.21 Å². The van der Waals surface area contributed by atoms with E-state index in [1.165, 1.54) is 6.42 Å². The SMILES string of the molecule is C=C(CNCCC(C)C)/N=C/C. The standard InChI is InChI=1S/C10H20N2/c1-5-12-10(4)8-11-7-6-9(2)3/h5,9,11H,4,6-8H2,1-3H3/b12-5+. The molecule has 0 aliphatic heterocycles. The molecule has 0 aliphatic rings. The minimum absolute atomic E-state index is 0.764. The summed E-state index contributed by atoms with van der Waals surface area (Å²) in [6, 6.07) is 0. The van der Waals surface area contributed by atoms with Gasteiger partial charge in [0.1, 0.15) is 0 Å². The molecule has 0 saturated heterocycles. The van der Waals surface area contributed by atoms with Gasteiger partial charge in [0.25, 0.3) is 0 Å². The van der Waals surface area contributed by atoms with Crippen LogP contribution in [-0.4, -0.2) is 19.3 Å². The molecule has 0 fully saturated rings. The van der Waals surface area contributed by atoms with Gasteiger partial charge in [-0.1, -0.05) is 20.4 Å². The first-order chi connectivity index (χ1) is 5.66. The summed E-state index contributed by atoms with van der Waals surface area (Å²) in [7, 11) is 0.